The van der Waals surface area contributed by atoms with E-state index in [1.165, 1.54) is 0 Å². The molecular weight excluding hydrogens is 350 g/mol. The summed E-state index contributed by atoms with van der Waals surface area (Å²) in [6.07, 6.45) is 4.99. The van der Waals surface area contributed by atoms with E-state index in [0.29, 0.717) is 12.3 Å². The van der Waals surface area contributed by atoms with Crippen molar-refractivity contribution < 1.29 is 22.0 Å². The van der Waals surface area contributed by atoms with Gasteiger partial charge in [-0.15, -0.1) is 0 Å². The third kappa shape index (κ3) is 3.84. The lowest BCUT2D eigenvalue weighted by Crippen LogP contribution is -2.50. The molecule has 138 valence electrons. The second-order valence-electron chi connectivity index (χ2n) is 6.69. The summed E-state index contributed by atoms with van der Waals surface area (Å²) in [4.78, 5) is 13.1. The molecule has 1 aliphatic carbocycles. The monoisotopic (exact) mass is 372 g/mol. The average molecular weight is 372 g/mol. The number of halogens is 2. The van der Waals surface area contributed by atoms with Gasteiger partial charge < -0.3 is 4.90 Å². The first-order valence-electron chi connectivity index (χ1n) is 8.61. The zero-order valence-electron chi connectivity index (χ0n) is 14.0. The molecule has 2 fully saturated rings. The minimum atomic E-state index is -4.25. The van der Waals surface area contributed by atoms with Gasteiger partial charge in [-0.1, -0.05) is 18.9 Å². The summed E-state index contributed by atoms with van der Waals surface area (Å²) in [6.45, 7) is 0.598. The van der Waals surface area contributed by atoms with E-state index in [9.17, 15) is 22.0 Å². The summed E-state index contributed by atoms with van der Waals surface area (Å²) in [5.41, 5.74) is 0. The summed E-state index contributed by atoms with van der Waals surface area (Å²) in [5, 5.41) is 0. The maximum Gasteiger partial charge on any atom is 0.249 e. The third-order valence-corrected chi connectivity index (χ3v) is 7.00. The smallest absolute Gasteiger partial charge is 0.249 e. The molecule has 0 atom stereocenters. The van der Waals surface area contributed by atoms with Gasteiger partial charge in [0.2, 0.25) is 15.9 Å². The first-order chi connectivity index (χ1) is 11.9. The molecule has 0 aromatic heterocycles. The van der Waals surface area contributed by atoms with Crippen LogP contribution in [0.2, 0.25) is 0 Å². The Morgan fingerprint density at radius 1 is 1.04 bits per heavy atom. The summed E-state index contributed by atoms with van der Waals surface area (Å²) in [5.74, 6) is -1.72. The van der Waals surface area contributed by atoms with Crippen LogP contribution in [0.25, 0.3) is 0 Å². The number of benzene rings is 1. The van der Waals surface area contributed by atoms with Crippen molar-refractivity contribution in [3.8, 4) is 0 Å². The van der Waals surface area contributed by atoms with E-state index in [2.05, 4.69) is 0 Å². The first kappa shape index (κ1) is 18.3. The van der Waals surface area contributed by atoms with Gasteiger partial charge in [-0.25, -0.2) is 17.2 Å². The van der Waals surface area contributed by atoms with E-state index in [4.69, 9.17) is 0 Å². The molecule has 0 N–H and O–H groups in total. The van der Waals surface area contributed by atoms with Crippen LogP contribution in [0, 0.1) is 17.6 Å². The lowest BCUT2D eigenvalue weighted by molar-refractivity contribution is -0.133. The number of hydrogen-bond acceptors (Lipinski definition) is 3. The SMILES string of the molecule is O=C(CC1CCCC1)N1CCN(S(=O)(=O)c2c(F)cccc2F)CC1. The number of nitrogens with zero attached hydrogens (tertiary/aromatic N) is 2. The summed E-state index contributed by atoms with van der Waals surface area (Å²) >= 11 is 0. The fourth-order valence-corrected chi connectivity index (χ4v) is 5.16. The van der Waals surface area contributed by atoms with E-state index >= 15 is 0 Å². The van der Waals surface area contributed by atoms with E-state index in [1.54, 1.807) is 4.90 Å². The van der Waals surface area contributed by atoms with Crippen LogP contribution in [-0.4, -0.2) is 49.7 Å². The normalized spacial score (nSPS) is 20.2. The third-order valence-electron chi connectivity index (χ3n) is 5.05. The van der Waals surface area contributed by atoms with Crippen molar-refractivity contribution in [1.29, 1.82) is 0 Å². The molecule has 1 aromatic rings. The van der Waals surface area contributed by atoms with Crippen molar-refractivity contribution >= 4 is 15.9 Å². The predicted octanol–water partition coefficient (Wildman–Crippen LogP) is 2.38. The van der Waals surface area contributed by atoms with E-state index < -0.39 is 26.6 Å². The van der Waals surface area contributed by atoms with Crippen LogP contribution < -0.4 is 0 Å². The van der Waals surface area contributed by atoms with Crippen LogP contribution in [0.3, 0.4) is 0 Å². The topological polar surface area (TPSA) is 57.7 Å². The van der Waals surface area contributed by atoms with Crippen molar-refractivity contribution in [1.82, 2.24) is 9.21 Å². The molecule has 1 saturated carbocycles. The van der Waals surface area contributed by atoms with Crippen LogP contribution in [0.5, 0.6) is 0 Å². The largest absolute Gasteiger partial charge is 0.340 e. The van der Waals surface area contributed by atoms with Gasteiger partial charge in [0.25, 0.3) is 0 Å². The number of amides is 1. The Bertz CT molecular complexity index is 720. The van der Waals surface area contributed by atoms with Crippen molar-refractivity contribution in [3.05, 3.63) is 29.8 Å². The number of carbonyl (C=O) groups is 1. The van der Waals surface area contributed by atoms with Crippen molar-refractivity contribution in [2.45, 2.75) is 37.0 Å². The quantitative estimate of drug-likeness (QED) is 0.815. The van der Waals surface area contributed by atoms with Crippen LogP contribution >= 0.6 is 0 Å². The molecule has 8 heteroatoms. The van der Waals surface area contributed by atoms with Crippen LogP contribution in [0.4, 0.5) is 8.78 Å². The molecule has 1 aliphatic heterocycles. The minimum Gasteiger partial charge on any atom is -0.340 e. The molecule has 5 nitrogen and oxygen atoms in total. The number of piperazine rings is 1. The molecule has 0 spiro atoms. The average Bonchev–Trinajstić information content (AvgIpc) is 3.07. The minimum absolute atomic E-state index is 0.0426. The van der Waals surface area contributed by atoms with Gasteiger partial charge in [0.15, 0.2) is 4.90 Å². The molecule has 1 saturated heterocycles. The maximum atomic E-state index is 13.8. The zero-order valence-corrected chi connectivity index (χ0v) is 14.8. The fourth-order valence-electron chi connectivity index (χ4n) is 3.63. The van der Waals surface area contributed by atoms with Gasteiger partial charge in [0.1, 0.15) is 11.6 Å². The van der Waals surface area contributed by atoms with Gasteiger partial charge in [-0.2, -0.15) is 4.31 Å². The zero-order chi connectivity index (χ0) is 18.0. The van der Waals surface area contributed by atoms with E-state index in [-0.39, 0.29) is 32.1 Å². The Balaban J connectivity index is 1.64. The first-order valence-corrected chi connectivity index (χ1v) is 10.1. The fraction of sp³-hybridized carbons (Fsp3) is 0.588. The molecule has 3 rings (SSSR count). The van der Waals surface area contributed by atoms with Crippen molar-refractivity contribution in [2.75, 3.05) is 26.2 Å². The predicted molar refractivity (Wildman–Crippen MR) is 88.3 cm³/mol. The number of sulfonamides is 1. The Morgan fingerprint density at radius 3 is 2.16 bits per heavy atom. The molecular formula is C17H22F2N2O3S. The molecule has 0 unspecified atom stereocenters. The van der Waals surface area contributed by atoms with Crippen LogP contribution in [0.15, 0.2) is 23.1 Å². The van der Waals surface area contributed by atoms with Crippen molar-refractivity contribution in [3.63, 3.8) is 0 Å². The van der Waals surface area contributed by atoms with Gasteiger partial charge in [-0.05, 0) is 30.9 Å². The molecule has 0 radical (unpaired) electrons. The number of carbonyl (C=O) groups excluding carboxylic acids is 1. The molecule has 2 aliphatic rings. The Kier molecular flexibility index (Phi) is 5.38. The Morgan fingerprint density at radius 2 is 1.60 bits per heavy atom. The van der Waals surface area contributed by atoms with Gasteiger partial charge >= 0.3 is 0 Å². The van der Waals surface area contributed by atoms with Gasteiger partial charge in [-0.3, -0.25) is 4.79 Å². The highest BCUT2D eigenvalue weighted by atomic mass is 32.2. The molecule has 1 amide bonds. The molecule has 25 heavy (non-hydrogen) atoms. The summed E-state index contributed by atoms with van der Waals surface area (Å²) < 4.78 is 53.7. The lowest BCUT2D eigenvalue weighted by Gasteiger charge is -2.34. The van der Waals surface area contributed by atoms with Crippen LogP contribution in [-0.2, 0) is 14.8 Å². The lowest BCUT2D eigenvalue weighted by atomic mass is 10.0. The van der Waals surface area contributed by atoms with Crippen molar-refractivity contribution in [2.24, 2.45) is 5.92 Å². The number of hydrogen-bond donors (Lipinski definition) is 0. The summed E-state index contributed by atoms with van der Waals surface area (Å²) in [6, 6.07) is 2.98. The van der Waals surface area contributed by atoms with Gasteiger partial charge in [0.05, 0.1) is 0 Å². The summed E-state index contributed by atoms with van der Waals surface area (Å²) in [7, 11) is -4.25. The van der Waals surface area contributed by atoms with Crippen LogP contribution in [0.1, 0.15) is 32.1 Å². The number of rotatable bonds is 4. The molecule has 1 heterocycles. The molecule has 0 bridgehead atoms. The van der Waals surface area contributed by atoms with Gasteiger partial charge in [0, 0.05) is 32.6 Å². The Labute approximate surface area is 146 Å². The van der Waals surface area contributed by atoms with E-state index in [0.717, 1.165) is 48.2 Å². The highest BCUT2D eigenvalue weighted by Gasteiger charge is 2.34. The van der Waals surface area contributed by atoms with E-state index in [1.807, 2.05) is 0 Å². The Hall–Kier alpha value is -1.54. The second kappa shape index (κ2) is 7.37. The highest BCUT2D eigenvalue weighted by molar-refractivity contribution is 7.89. The highest BCUT2D eigenvalue weighted by Crippen LogP contribution is 2.28. The standard InChI is InChI=1S/C17H22F2N2O3S/c18-14-6-3-7-15(19)17(14)25(23,24)21-10-8-20(9-11-21)16(22)12-13-4-1-2-5-13/h3,6-7,13H,1-2,4-5,8-12H2. The second-order valence-corrected chi connectivity index (χ2v) is 8.57. The maximum absolute atomic E-state index is 13.8. The molecule has 1 aromatic carbocycles.